The topological polar surface area (TPSA) is 283 Å². The number of esters is 2. The minimum absolute atomic E-state index is 0.0129. The number of hydrogen-bond acceptors (Lipinski definition) is 29. The number of ether oxygens (including phenoxy) is 27. The Morgan fingerprint density at radius 2 is 0.272 bits per heavy atom. The Morgan fingerprint density at radius 1 is 0.175 bits per heavy atom. The summed E-state index contributed by atoms with van der Waals surface area (Å²) >= 11 is 0. The van der Waals surface area contributed by atoms with Crippen molar-refractivity contribution in [1.29, 1.82) is 0 Å². The molecule has 0 N–H and O–H groups in total. The molecule has 0 unspecified atom stereocenters. The largest absolute Gasteiger partial charge is 0.420 e. The lowest BCUT2D eigenvalue weighted by molar-refractivity contribution is -0.137. The van der Waals surface area contributed by atoms with Crippen LogP contribution in [0.1, 0.15) is 12.8 Å². The third kappa shape index (κ3) is 58.6. The summed E-state index contributed by atoms with van der Waals surface area (Å²) < 4.78 is 252. The number of rotatable bonds is 80. The number of halogens is 8. The molecule has 2 rings (SSSR count). The van der Waals surface area contributed by atoms with E-state index < -0.39 is 82.8 Å². The van der Waals surface area contributed by atoms with E-state index in [-0.39, 0.29) is 65.0 Å². The van der Waals surface area contributed by atoms with Crippen LogP contribution in [0.25, 0.3) is 0 Å². The zero-order valence-electron chi connectivity index (χ0n) is 58.8. The van der Waals surface area contributed by atoms with Crippen molar-refractivity contribution in [2.24, 2.45) is 0 Å². The van der Waals surface area contributed by atoms with Gasteiger partial charge in [0.2, 0.25) is 34.8 Å². The molecule has 2 aromatic carbocycles. The van der Waals surface area contributed by atoms with Gasteiger partial charge in [-0.15, -0.1) is 0 Å². The highest BCUT2D eigenvalue weighted by Gasteiger charge is 2.24. The van der Waals surface area contributed by atoms with Crippen LogP contribution in [-0.2, 0) is 128 Å². The highest BCUT2D eigenvalue weighted by atomic mass is 19.2. The molecule has 0 aromatic heterocycles. The van der Waals surface area contributed by atoms with Crippen LogP contribution in [-0.4, -0.2) is 342 Å². The molecule has 0 radical (unpaired) electrons. The quantitative estimate of drug-likeness (QED) is 0.0289. The van der Waals surface area contributed by atoms with Crippen LogP contribution in [0.4, 0.5) is 35.1 Å². The molecule has 0 saturated heterocycles. The highest BCUT2D eigenvalue weighted by molar-refractivity contribution is 5.73. The second-order valence-corrected chi connectivity index (χ2v) is 20.4. The van der Waals surface area contributed by atoms with E-state index in [0.29, 0.717) is 277 Å². The van der Waals surface area contributed by atoms with Crippen molar-refractivity contribution < 1.29 is 173 Å². The van der Waals surface area contributed by atoms with E-state index >= 15 is 0 Å². The predicted octanol–water partition coefficient (Wildman–Crippen LogP) is 4.51. The smallest absolute Gasteiger partial charge is 0.313 e. The van der Waals surface area contributed by atoms with Crippen molar-refractivity contribution in [3.05, 3.63) is 58.7 Å². The summed E-state index contributed by atoms with van der Waals surface area (Å²) in [6.45, 7) is 18.7. The zero-order chi connectivity index (χ0) is 74.2. The molecule has 0 aliphatic rings. The molecule has 0 heterocycles. The molecule has 0 saturated carbocycles. The molecule has 103 heavy (non-hydrogen) atoms. The minimum atomic E-state index is -1.80. The van der Waals surface area contributed by atoms with Crippen LogP contribution < -0.4 is 9.47 Å². The number of carbonyl (C=O) groups excluding carboxylic acids is 2. The van der Waals surface area contributed by atoms with E-state index in [9.17, 15) is 44.7 Å². The molecular weight excluding hydrogens is 1410 g/mol. The Kier molecular flexibility index (Phi) is 66.4. The first kappa shape index (κ1) is 94.9. The van der Waals surface area contributed by atoms with Gasteiger partial charge in [-0.1, -0.05) is 0 Å². The first-order valence-corrected chi connectivity index (χ1v) is 34.0. The van der Waals surface area contributed by atoms with Gasteiger partial charge in [0.05, 0.1) is 343 Å². The number of hydrogen-bond donors (Lipinski definition) is 0. The van der Waals surface area contributed by atoms with Gasteiger partial charge >= 0.3 is 11.9 Å². The lowest BCUT2D eigenvalue weighted by Crippen LogP contribution is -2.16. The normalized spacial score (nSPS) is 11.7. The Balaban J connectivity index is 1.11. The van der Waals surface area contributed by atoms with Gasteiger partial charge in [-0.3, -0.25) is 9.59 Å². The fourth-order valence-electron chi connectivity index (χ4n) is 7.30. The number of benzene rings is 2. The van der Waals surface area contributed by atoms with E-state index in [1.807, 2.05) is 0 Å². The third-order valence-electron chi connectivity index (χ3n) is 12.4. The van der Waals surface area contributed by atoms with Gasteiger partial charge in [-0.25, -0.2) is 17.6 Å². The Morgan fingerprint density at radius 3 is 0.379 bits per heavy atom. The van der Waals surface area contributed by atoms with Gasteiger partial charge in [0.15, 0.2) is 23.3 Å². The molecule has 0 fully saturated rings. The average Bonchev–Trinajstić information content (AvgIpc) is 0.830. The van der Waals surface area contributed by atoms with Gasteiger partial charge in [0.1, 0.15) is 0 Å². The summed E-state index contributed by atoms with van der Waals surface area (Å²) in [4.78, 5) is 23.4. The van der Waals surface area contributed by atoms with Crippen molar-refractivity contribution in [3.63, 3.8) is 0 Å². The van der Waals surface area contributed by atoms with Gasteiger partial charge in [0.25, 0.3) is 0 Å². The van der Waals surface area contributed by atoms with Crippen LogP contribution in [0.3, 0.4) is 0 Å². The second kappa shape index (κ2) is 72.0. The molecule has 0 aliphatic heterocycles. The molecular formula is C66H106F8O29. The van der Waals surface area contributed by atoms with Gasteiger partial charge in [-0.05, 0) is 0 Å². The van der Waals surface area contributed by atoms with Crippen LogP contribution >= 0.6 is 0 Å². The van der Waals surface area contributed by atoms with Crippen LogP contribution in [0.2, 0.25) is 0 Å². The van der Waals surface area contributed by atoms with Crippen LogP contribution in [0.5, 0.6) is 11.5 Å². The molecule has 0 spiro atoms. The maximum atomic E-state index is 13.6. The zero-order valence-corrected chi connectivity index (χ0v) is 58.8. The minimum Gasteiger partial charge on any atom is -0.420 e. The summed E-state index contributed by atoms with van der Waals surface area (Å²) in [5.74, 6) is -19.1. The molecule has 600 valence electrons. The van der Waals surface area contributed by atoms with E-state index in [4.69, 9.17) is 118 Å². The standard InChI is InChI=1S/C66H106F8O29/c67-55-53-56(68)62(72)65(61(55)71)102-59(75)1-3-77-5-7-79-9-11-81-13-15-83-17-19-85-21-23-87-25-27-89-29-31-91-33-35-93-37-39-95-41-43-97-45-47-99-49-51-101-52-50-100-48-46-98-44-42-96-40-38-94-36-34-92-32-30-90-28-26-88-24-22-86-20-18-84-16-14-82-12-10-80-8-6-78-4-2-60(76)103-66-63(73)57(69)54-58(70)64(66)74/h53-54H,1-52H2. The molecule has 0 aliphatic carbocycles. The van der Waals surface area contributed by atoms with Crippen LogP contribution in [0, 0.1) is 46.5 Å². The van der Waals surface area contributed by atoms with E-state index in [1.54, 1.807) is 0 Å². The van der Waals surface area contributed by atoms with Crippen molar-refractivity contribution in [3.8, 4) is 11.5 Å². The van der Waals surface area contributed by atoms with Crippen molar-refractivity contribution in [1.82, 2.24) is 0 Å². The third-order valence-corrected chi connectivity index (χ3v) is 12.4. The van der Waals surface area contributed by atoms with Crippen molar-refractivity contribution in [2.75, 3.05) is 330 Å². The maximum Gasteiger partial charge on any atom is 0.313 e. The summed E-state index contributed by atoms with van der Waals surface area (Å²) in [5, 5.41) is 0. The van der Waals surface area contributed by atoms with E-state index in [2.05, 4.69) is 9.47 Å². The average molecular weight is 1520 g/mol. The molecule has 2 aromatic rings. The van der Waals surface area contributed by atoms with Gasteiger partial charge < -0.3 is 128 Å². The molecule has 0 bridgehead atoms. The first-order chi connectivity index (χ1) is 50.5. The monoisotopic (exact) mass is 1510 g/mol. The molecule has 0 amide bonds. The van der Waals surface area contributed by atoms with Crippen molar-refractivity contribution in [2.45, 2.75) is 12.8 Å². The number of carbonyl (C=O) groups is 2. The van der Waals surface area contributed by atoms with Crippen molar-refractivity contribution >= 4 is 11.9 Å². The highest BCUT2D eigenvalue weighted by Crippen LogP contribution is 2.28. The summed E-state index contributed by atoms with van der Waals surface area (Å²) in [7, 11) is 0. The SMILES string of the molecule is O=C(CCOCCOCCOCCOCCOCCOCCOCCOCCOCCOCCOCCOCCOCCOCCOCCOCCOCCOCCOCCOCCOCCOCCOCCOCCOCCC(=O)Oc1c(F)c(F)cc(F)c1F)Oc1c(F)c(F)cc(F)c1F. The molecule has 29 nitrogen and oxygen atoms in total. The predicted molar refractivity (Wildman–Crippen MR) is 344 cm³/mol. The lowest BCUT2D eigenvalue weighted by Gasteiger charge is -2.09. The summed E-state index contributed by atoms with van der Waals surface area (Å²) in [6.07, 6.45) is -0.813. The summed E-state index contributed by atoms with van der Waals surface area (Å²) in [5.41, 5.74) is 0. The van der Waals surface area contributed by atoms with Crippen LogP contribution in [0.15, 0.2) is 12.1 Å². The lowest BCUT2D eigenvalue weighted by atomic mass is 10.3. The van der Waals surface area contributed by atoms with Gasteiger partial charge in [-0.2, -0.15) is 17.6 Å². The second-order valence-electron chi connectivity index (χ2n) is 20.4. The molecule has 37 heteroatoms. The Bertz CT molecular complexity index is 2080. The van der Waals surface area contributed by atoms with Gasteiger partial charge in [0, 0.05) is 12.1 Å². The van der Waals surface area contributed by atoms with E-state index in [0.717, 1.165) is 0 Å². The first-order valence-electron chi connectivity index (χ1n) is 34.0. The fraction of sp³-hybridized carbons (Fsp3) is 0.788. The maximum absolute atomic E-state index is 13.6. The molecule has 0 atom stereocenters. The Hall–Kier alpha value is -4.18. The Labute approximate surface area is 596 Å². The fourth-order valence-corrected chi connectivity index (χ4v) is 7.30. The summed E-state index contributed by atoms with van der Waals surface area (Å²) in [6, 6.07) is 0.0257. The van der Waals surface area contributed by atoms with E-state index in [1.165, 1.54) is 0 Å².